The number of benzene rings is 1. The van der Waals surface area contributed by atoms with E-state index in [0.717, 1.165) is 34.9 Å². The second kappa shape index (κ2) is 6.31. The molecule has 8 heteroatoms. The highest BCUT2D eigenvalue weighted by atomic mass is 16.5. The number of nitrogens with zero attached hydrogens (tertiary/aromatic N) is 5. The van der Waals surface area contributed by atoms with E-state index in [-0.39, 0.29) is 11.9 Å². The number of nitrogens with one attached hydrogen (secondary N) is 1. The van der Waals surface area contributed by atoms with Gasteiger partial charge in [-0.2, -0.15) is 5.10 Å². The zero-order valence-electron chi connectivity index (χ0n) is 15.1. The third kappa shape index (κ3) is 2.64. The molecule has 2 aromatic heterocycles. The van der Waals surface area contributed by atoms with Crippen molar-refractivity contribution in [2.75, 3.05) is 13.2 Å². The van der Waals surface area contributed by atoms with Crippen LogP contribution in [0.2, 0.25) is 0 Å². The largest absolute Gasteiger partial charge is 0.376 e. The number of carbonyl (C=O) groups excluding carboxylic acids is 1. The molecule has 1 aromatic carbocycles. The molecule has 5 rings (SSSR count). The fourth-order valence-electron chi connectivity index (χ4n) is 3.91. The Balaban J connectivity index is 1.45. The molecular weight excluding hydrogens is 344 g/mol. The normalized spacial score (nSPS) is 18.9. The first-order chi connectivity index (χ1) is 13.2. The van der Waals surface area contributed by atoms with Gasteiger partial charge in [0.2, 0.25) is 0 Å². The molecule has 0 saturated carbocycles. The van der Waals surface area contributed by atoms with Crippen LogP contribution >= 0.6 is 0 Å². The molecule has 138 valence electrons. The van der Waals surface area contributed by atoms with Crippen LogP contribution in [0.25, 0.3) is 11.4 Å². The van der Waals surface area contributed by atoms with Crippen molar-refractivity contribution in [2.24, 2.45) is 0 Å². The minimum atomic E-state index is -0.0830. The summed E-state index contributed by atoms with van der Waals surface area (Å²) in [6, 6.07) is 10.1. The quantitative estimate of drug-likeness (QED) is 0.751. The van der Waals surface area contributed by atoms with Crippen LogP contribution in [-0.4, -0.2) is 48.9 Å². The summed E-state index contributed by atoms with van der Waals surface area (Å²) in [5.41, 5.74) is 3.38. The molecule has 1 N–H and O–H groups in total. The van der Waals surface area contributed by atoms with Crippen molar-refractivity contribution >= 4 is 5.91 Å². The second-order valence-electron chi connectivity index (χ2n) is 7.04. The van der Waals surface area contributed by atoms with Crippen LogP contribution in [0, 0.1) is 0 Å². The third-order valence-electron chi connectivity index (χ3n) is 5.24. The molecule has 0 bridgehead atoms. The van der Waals surface area contributed by atoms with Crippen molar-refractivity contribution in [3.8, 4) is 11.4 Å². The summed E-state index contributed by atoms with van der Waals surface area (Å²) in [6.45, 7) is 4.19. The molecule has 2 aliphatic heterocycles. The van der Waals surface area contributed by atoms with Crippen molar-refractivity contribution in [1.82, 2.24) is 29.9 Å². The van der Waals surface area contributed by atoms with E-state index >= 15 is 0 Å². The number of carbonyl (C=O) groups is 1. The second-order valence-corrected chi connectivity index (χ2v) is 7.04. The predicted octanol–water partition coefficient (Wildman–Crippen LogP) is 1.96. The van der Waals surface area contributed by atoms with E-state index in [2.05, 4.69) is 31.9 Å². The van der Waals surface area contributed by atoms with Gasteiger partial charge in [-0.05, 0) is 6.92 Å². The van der Waals surface area contributed by atoms with Gasteiger partial charge in [0.1, 0.15) is 0 Å². The smallest absolute Gasteiger partial charge is 0.275 e. The molecule has 1 atom stereocenters. The van der Waals surface area contributed by atoms with Gasteiger partial charge in [0.05, 0.1) is 25.8 Å². The zero-order valence-corrected chi connectivity index (χ0v) is 15.1. The molecule has 0 spiro atoms. The van der Waals surface area contributed by atoms with Crippen LogP contribution in [0.4, 0.5) is 0 Å². The van der Waals surface area contributed by atoms with Crippen LogP contribution in [0.3, 0.4) is 0 Å². The topological polar surface area (TPSA) is 88.9 Å². The summed E-state index contributed by atoms with van der Waals surface area (Å²) in [4.78, 5) is 14.9. The van der Waals surface area contributed by atoms with Gasteiger partial charge in [-0.3, -0.25) is 9.89 Å². The molecule has 1 amide bonds. The van der Waals surface area contributed by atoms with Gasteiger partial charge < -0.3 is 14.2 Å². The van der Waals surface area contributed by atoms with Crippen LogP contribution in [0.1, 0.15) is 40.5 Å². The molecule has 0 unspecified atom stereocenters. The Kier molecular flexibility index (Phi) is 3.78. The average molecular weight is 364 g/mol. The van der Waals surface area contributed by atoms with Crippen LogP contribution in [0.5, 0.6) is 0 Å². The minimum Gasteiger partial charge on any atom is -0.376 e. The standard InChI is InChI=1S/C19H20N6O2/c1-12-9-24(19(26)17-14-11-27-8-7-15(14)20-22-17)10-16-21-23-18(25(12)16)13-5-3-2-4-6-13/h2-6,12H,7-11H2,1H3,(H,20,22)/t12-/m0/s1. The Morgan fingerprint density at radius 1 is 1.26 bits per heavy atom. The Morgan fingerprint density at radius 3 is 2.96 bits per heavy atom. The lowest BCUT2D eigenvalue weighted by Crippen LogP contribution is -2.41. The number of hydrogen-bond donors (Lipinski definition) is 1. The lowest BCUT2D eigenvalue weighted by Gasteiger charge is -2.32. The summed E-state index contributed by atoms with van der Waals surface area (Å²) < 4.78 is 7.63. The van der Waals surface area contributed by atoms with Gasteiger partial charge in [0.15, 0.2) is 17.3 Å². The molecule has 8 nitrogen and oxygen atoms in total. The molecule has 0 aliphatic carbocycles. The van der Waals surface area contributed by atoms with Crippen molar-refractivity contribution in [3.05, 3.63) is 53.1 Å². The Bertz CT molecular complexity index is 993. The third-order valence-corrected chi connectivity index (χ3v) is 5.24. The fourth-order valence-corrected chi connectivity index (χ4v) is 3.91. The number of aromatic nitrogens is 5. The Labute approximate surface area is 156 Å². The molecule has 0 saturated heterocycles. The lowest BCUT2D eigenvalue weighted by atomic mass is 10.1. The van der Waals surface area contributed by atoms with Gasteiger partial charge >= 0.3 is 0 Å². The fraction of sp³-hybridized carbons (Fsp3) is 0.368. The number of rotatable bonds is 2. The van der Waals surface area contributed by atoms with E-state index in [9.17, 15) is 4.79 Å². The van der Waals surface area contributed by atoms with Crippen molar-refractivity contribution in [3.63, 3.8) is 0 Å². The maximum Gasteiger partial charge on any atom is 0.275 e. The first-order valence-corrected chi connectivity index (χ1v) is 9.14. The molecule has 4 heterocycles. The summed E-state index contributed by atoms with van der Waals surface area (Å²) in [5, 5.41) is 16.0. The average Bonchev–Trinajstić information content (AvgIpc) is 3.33. The molecule has 0 radical (unpaired) electrons. The Morgan fingerprint density at radius 2 is 2.11 bits per heavy atom. The SMILES string of the molecule is C[C@H]1CN(C(=O)c2n[nH]c3c2COCC3)Cc2nnc(-c3ccccc3)n21. The molecule has 2 aliphatic rings. The molecule has 27 heavy (non-hydrogen) atoms. The maximum atomic E-state index is 13.1. The van der Waals surface area contributed by atoms with Crippen LogP contribution in [0.15, 0.2) is 30.3 Å². The highest BCUT2D eigenvalue weighted by molar-refractivity contribution is 5.94. The number of ether oxygens (including phenoxy) is 1. The Hall–Kier alpha value is -3.00. The van der Waals surface area contributed by atoms with Gasteiger partial charge in [-0.25, -0.2) is 0 Å². The monoisotopic (exact) mass is 364 g/mol. The summed E-state index contributed by atoms with van der Waals surface area (Å²) >= 11 is 0. The highest BCUT2D eigenvalue weighted by Crippen LogP contribution is 2.29. The summed E-state index contributed by atoms with van der Waals surface area (Å²) in [5.74, 6) is 1.55. The van der Waals surface area contributed by atoms with Gasteiger partial charge in [-0.1, -0.05) is 30.3 Å². The van der Waals surface area contributed by atoms with E-state index in [1.165, 1.54) is 0 Å². The molecule has 0 fully saturated rings. The van der Waals surface area contributed by atoms with Crippen LogP contribution < -0.4 is 0 Å². The lowest BCUT2D eigenvalue weighted by molar-refractivity contribution is 0.0664. The summed E-state index contributed by atoms with van der Waals surface area (Å²) in [6.07, 6.45) is 0.765. The molecule has 3 aromatic rings. The number of H-pyrrole nitrogens is 1. The zero-order chi connectivity index (χ0) is 18.4. The van der Waals surface area contributed by atoms with E-state index in [4.69, 9.17) is 4.74 Å². The van der Waals surface area contributed by atoms with Crippen molar-refractivity contribution in [2.45, 2.75) is 32.5 Å². The maximum absolute atomic E-state index is 13.1. The van der Waals surface area contributed by atoms with E-state index < -0.39 is 0 Å². The number of amides is 1. The van der Waals surface area contributed by atoms with E-state index in [1.54, 1.807) is 4.90 Å². The highest BCUT2D eigenvalue weighted by Gasteiger charge is 2.33. The summed E-state index contributed by atoms with van der Waals surface area (Å²) in [7, 11) is 0. The first-order valence-electron chi connectivity index (χ1n) is 9.14. The van der Waals surface area contributed by atoms with Crippen molar-refractivity contribution in [1.29, 1.82) is 0 Å². The predicted molar refractivity (Wildman–Crippen MR) is 96.9 cm³/mol. The van der Waals surface area contributed by atoms with Crippen LogP contribution in [-0.2, 0) is 24.3 Å². The van der Waals surface area contributed by atoms with Gasteiger partial charge in [0, 0.05) is 29.8 Å². The number of fused-ring (bicyclic) bond motifs is 2. The van der Waals surface area contributed by atoms with E-state index in [1.807, 2.05) is 30.3 Å². The van der Waals surface area contributed by atoms with E-state index in [0.29, 0.717) is 32.0 Å². The number of aromatic amines is 1. The minimum absolute atomic E-state index is 0.0777. The van der Waals surface area contributed by atoms with Gasteiger partial charge in [0.25, 0.3) is 5.91 Å². The number of hydrogen-bond acceptors (Lipinski definition) is 5. The van der Waals surface area contributed by atoms with Crippen molar-refractivity contribution < 1.29 is 9.53 Å². The molecular formula is C19H20N6O2. The van der Waals surface area contributed by atoms with Gasteiger partial charge in [-0.15, -0.1) is 10.2 Å². The first kappa shape index (κ1) is 16.2.